The van der Waals surface area contributed by atoms with Gasteiger partial charge in [0.2, 0.25) is 0 Å². The molecule has 2 fully saturated rings. The van der Waals surface area contributed by atoms with Crippen LogP contribution in [0.5, 0.6) is 0 Å². The molecule has 1 N–H and O–H groups in total. The molecule has 2 rings (SSSR count). The van der Waals surface area contributed by atoms with Crippen LogP contribution < -0.4 is 5.32 Å². The predicted molar refractivity (Wildman–Crippen MR) is 113 cm³/mol. The van der Waals surface area contributed by atoms with Gasteiger partial charge >= 0.3 is 0 Å². The third-order valence-corrected chi connectivity index (χ3v) is 7.84. The Morgan fingerprint density at radius 1 is 0.880 bits per heavy atom. The van der Waals surface area contributed by atoms with Gasteiger partial charge in [-0.2, -0.15) is 0 Å². The Kier molecular flexibility index (Phi) is 7.62. The largest absolute Gasteiger partial charge is 0.307 e. The van der Waals surface area contributed by atoms with Crippen molar-refractivity contribution in [2.24, 2.45) is 35.5 Å². The molecule has 0 spiro atoms. The molecule has 3 atom stereocenters. The Labute approximate surface area is 159 Å². The first-order valence-electron chi connectivity index (χ1n) is 10.8. The summed E-state index contributed by atoms with van der Waals surface area (Å²) in [7, 11) is 2.18. The summed E-state index contributed by atoms with van der Waals surface area (Å²) < 4.78 is 0. The summed E-state index contributed by atoms with van der Waals surface area (Å²) in [5.74, 6) is 4.67. The Morgan fingerprint density at radius 2 is 1.36 bits per heavy atom. The van der Waals surface area contributed by atoms with Crippen LogP contribution in [0.2, 0.25) is 0 Å². The molecular formula is C23H48N2. The first kappa shape index (κ1) is 23.0. The normalized spacial score (nSPS) is 31.4. The van der Waals surface area contributed by atoms with Crippen LogP contribution in [0.15, 0.2) is 0 Å². The molecule has 25 heavy (non-hydrogen) atoms. The molecule has 0 bridgehead atoms. The Bertz CT molecular complexity index is 372. The van der Waals surface area contributed by atoms with E-state index in [0.717, 1.165) is 23.7 Å². The molecule has 0 aromatic carbocycles. The van der Waals surface area contributed by atoms with Crippen LogP contribution in [0.1, 0.15) is 82.6 Å². The molecule has 0 aromatic heterocycles. The van der Waals surface area contributed by atoms with Crippen molar-refractivity contribution in [2.45, 2.75) is 99.7 Å². The van der Waals surface area contributed by atoms with E-state index in [-0.39, 0.29) is 0 Å². The van der Waals surface area contributed by atoms with Gasteiger partial charge in [0.05, 0.1) is 0 Å². The number of hydrogen-bond donors (Lipinski definition) is 1. The number of rotatable bonds is 4. The van der Waals surface area contributed by atoms with Crippen LogP contribution >= 0.6 is 0 Å². The van der Waals surface area contributed by atoms with Crippen molar-refractivity contribution in [3.63, 3.8) is 0 Å². The van der Waals surface area contributed by atoms with Crippen LogP contribution in [0.4, 0.5) is 0 Å². The summed E-state index contributed by atoms with van der Waals surface area (Å²) in [6.07, 6.45) is 1.35. The first-order valence-corrected chi connectivity index (χ1v) is 10.8. The Balaban J connectivity index is 0.000000324. The second-order valence-electron chi connectivity index (χ2n) is 10.8. The smallest absolute Gasteiger partial charge is 0.0233 e. The number of nitrogens with zero attached hydrogens (tertiary/aromatic N) is 1. The van der Waals surface area contributed by atoms with E-state index in [1.165, 1.54) is 13.0 Å². The molecule has 0 saturated carbocycles. The zero-order valence-corrected chi connectivity index (χ0v) is 19.4. The van der Waals surface area contributed by atoms with Crippen LogP contribution in [0, 0.1) is 35.5 Å². The first-order chi connectivity index (χ1) is 11.3. The van der Waals surface area contributed by atoms with Crippen molar-refractivity contribution in [2.75, 3.05) is 13.6 Å². The van der Waals surface area contributed by atoms with E-state index < -0.39 is 0 Å². The Morgan fingerprint density at radius 3 is 1.52 bits per heavy atom. The van der Waals surface area contributed by atoms with E-state index in [1.54, 1.807) is 0 Å². The highest BCUT2D eigenvalue weighted by atomic mass is 15.2. The van der Waals surface area contributed by atoms with E-state index in [4.69, 9.17) is 0 Å². The van der Waals surface area contributed by atoms with Crippen LogP contribution in [0.25, 0.3) is 0 Å². The van der Waals surface area contributed by atoms with E-state index in [2.05, 4.69) is 93.4 Å². The fourth-order valence-electron chi connectivity index (χ4n) is 4.91. The van der Waals surface area contributed by atoms with Gasteiger partial charge in [0.25, 0.3) is 0 Å². The minimum atomic E-state index is 0.351. The lowest BCUT2D eigenvalue weighted by Crippen LogP contribution is -2.60. The number of nitrogens with one attached hydrogen (secondary N) is 1. The quantitative estimate of drug-likeness (QED) is 0.701. The molecule has 2 aliphatic rings. The monoisotopic (exact) mass is 352 g/mol. The number of hydrogen-bond acceptors (Lipinski definition) is 2. The average molecular weight is 353 g/mol. The summed E-state index contributed by atoms with van der Waals surface area (Å²) in [6.45, 7) is 27.2. The van der Waals surface area contributed by atoms with E-state index >= 15 is 0 Å². The highest BCUT2D eigenvalue weighted by Crippen LogP contribution is 2.44. The molecule has 0 radical (unpaired) electrons. The van der Waals surface area contributed by atoms with E-state index in [9.17, 15) is 0 Å². The van der Waals surface area contributed by atoms with Crippen molar-refractivity contribution in [1.29, 1.82) is 0 Å². The maximum Gasteiger partial charge on any atom is 0.0233 e. The average Bonchev–Trinajstić information content (AvgIpc) is 2.91. The lowest BCUT2D eigenvalue weighted by atomic mass is 9.72. The fraction of sp³-hybridized carbons (Fsp3) is 1.00. The lowest BCUT2D eigenvalue weighted by Gasteiger charge is -2.52. The third kappa shape index (κ3) is 4.61. The second kappa shape index (κ2) is 8.30. The van der Waals surface area contributed by atoms with E-state index in [1.807, 2.05) is 0 Å². The zero-order chi connectivity index (χ0) is 19.7. The maximum atomic E-state index is 4.03. The topological polar surface area (TPSA) is 15.3 Å². The minimum absolute atomic E-state index is 0.351. The van der Waals surface area contributed by atoms with Crippen LogP contribution in [-0.2, 0) is 0 Å². The third-order valence-electron chi connectivity index (χ3n) is 7.84. The predicted octanol–water partition coefficient (Wildman–Crippen LogP) is 5.67. The molecule has 0 amide bonds. The van der Waals surface area contributed by atoms with Gasteiger partial charge in [-0.1, -0.05) is 62.3 Å². The van der Waals surface area contributed by atoms with Crippen LogP contribution in [0.3, 0.4) is 0 Å². The van der Waals surface area contributed by atoms with Crippen molar-refractivity contribution in [3.05, 3.63) is 0 Å². The Hall–Kier alpha value is -0.0800. The molecule has 0 aromatic rings. The summed E-state index contributed by atoms with van der Waals surface area (Å²) in [4.78, 5) is 2.39. The number of likely N-dealkylation sites (tertiary alicyclic amines) is 1. The second-order valence-corrected chi connectivity index (χ2v) is 10.8. The summed E-state index contributed by atoms with van der Waals surface area (Å²) >= 11 is 0. The molecule has 2 saturated heterocycles. The highest BCUT2D eigenvalue weighted by Gasteiger charge is 2.49. The van der Waals surface area contributed by atoms with Gasteiger partial charge in [-0.25, -0.2) is 0 Å². The zero-order valence-electron chi connectivity index (χ0n) is 19.4. The fourth-order valence-corrected chi connectivity index (χ4v) is 4.91. The van der Waals surface area contributed by atoms with Gasteiger partial charge in [-0.05, 0) is 62.8 Å². The molecule has 2 heteroatoms. The molecule has 150 valence electrons. The van der Waals surface area contributed by atoms with Crippen LogP contribution in [-0.4, -0.2) is 35.6 Å². The summed E-state index contributed by atoms with van der Waals surface area (Å²) in [5, 5.41) is 4.03. The highest BCUT2D eigenvalue weighted by molar-refractivity contribution is 5.06. The molecule has 0 aliphatic carbocycles. The molecule has 2 aliphatic heterocycles. The van der Waals surface area contributed by atoms with Crippen molar-refractivity contribution in [1.82, 2.24) is 10.2 Å². The van der Waals surface area contributed by atoms with Gasteiger partial charge in [0.15, 0.2) is 0 Å². The SMILES string of the molecule is CC(C)C1CC(C(C)C)(C(C)C)NC1C(C)C.CC1CN(C)C1(C)C. The standard InChI is InChI=1S/C16H33N.C7H15N/c1-10(2)14-9-16(12(5)6,13(7)8)17-15(14)11(3)4;1-6-5-8(4)7(6,2)3/h10-15,17H,9H2,1-8H3;6H,5H2,1-4H3. The minimum Gasteiger partial charge on any atom is -0.307 e. The van der Waals surface area contributed by atoms with Gasteiger partial charge in [0, 0.05) is 23.7 Å². The summed E-state index contributed by atoms with van der Waals surface area (Å²) in [5.41, 5.74) is 0.823. The summed E-state index contributed by atoms with van der Waals surface area (Å²) in [6, 6.07) is 0.694. The van der Waals surface area contributed by atoms with Gasteiger partial charge in [-0.15, -0.1) is 0 Å². The molecule has 2 nitrogen and oxygen atoms in total. The maximum absolute atomic E-state index is 4.03. The van der Waals surface area contributed by atoms with E-state index in [0.29, 0.717) is 29.0 Å². The van der Waals surface area contributed by atoms with Crippen molar-refractivity contribution in [3.8, 4) is 0 Å². The van der Waals surface area contributed by atoms with Crippen molar-refractivity contribution < 1.29 is 0 Å². The van der Waals surface area contributed by atoms with Crippen molar-refractivity contribution >= 4 is 0 Å². The molecule has 2 heterocycles. The van der Waals surface area contributed by atoms with Gasteiger partial charge in [-0.3, -0.25) is 0 Å². The lowest BCUT2D eigenvalue weighted by molar-refractivity contribution is -0.0228. The molecular weight excluding hydrogens is 304 g/mol. The van der Waals surface area contributed by atoms with Gasteiger partial charge < -0.3 is 10.2 Å². The van der Waals surface area contributed by atoms with Gasteiger partial charge in [0.1, 0.15) is 0 Å². The molecule has 3 unspecified atom stereocenters.